The second-order valence-corrected chi connectivity index (χ2v) is 7.08. The van der Waals surface area contributed by atoms with Crippen molar-refractivity contribution in [2.45, 2.75) is 6.92 Å². The highest BCUT2D eigenvalue weighted by atomic mass is 16.5. The molecule has 33 heavy (non-hydrogen) atoms. The third kappa shape index (κ3) is 5.32. The molecule has 1 aromatic heterocycles. The fourth-order valence-corrected chi connectivity index (χ4v) is 3.04. The Labute approximate surface area is 190 Å². The van der Waals surface area contributed by atoms with E-state index in [2.05, 4.69) is 27.3 Å². The van der Waals surface area contributed by atoms with Crippen molar-refractivity contribution >= 4 is 17.6 Å². The van der Waals surface area contributed by atoms with Gasteiger partial charge in [0, 0.05) is 27.9 Å². The quantitative estimate of drug-likeness (QED) is 0.374. The molecule has 1 heterocycles. The highest BCUT2D eigenvalue weighted by Gasteiger charge is 2.10. The van der Waals surface area contributed by atoms with Crippen LogP contribution in [0.15, 0.2) is 77.3 Å². The van der Waals surface area contributed by atoms with Gasteiger partial charge in [0.25, 0.3) is 11.8 Å². The van der Waals surface area contributed by atoms with Crippen molar-refractivity contribution in [3.05, 3.63) is 101 Å². The third-order valence-corrected chi connectivity index (χ3v) is 4.68. The minimum atomic E-state index is -0.413. The van der Waals surface area contributed by atoms with E-state index in [1.165, 1.54) is 7.11 Å². The van der Waals surface area contributed by atoms with Gasteiger partial charge in [0.2, 0.25) is 0 Å². The molecule has 1 amide bonds. The zero-order valence-electron chi connectivity index (χ0n) is 18.0. The summed E-state index contributed by atoms with van der Waals surface area (Å²) in [4.78, 5) is 28.5. The van der Waals surface area contributed by atoms with Gasteiger partial charge in [-0.05, 0) is 67.6 Å². The lowest BCUT2D eigenvalue weighted by atomic mass is 10.1. The van der Waals surface area contributed by atoms with E-state index in [0.717, 1.165) is 11.1 Å². The molecule has 4 aromatic rings. The number of nitrogens with one attached hydrogen (secondary N) is 1. The molecular weight excluding hydrogens is 418 g/mol. The van der Waals surface area contributed by atoms with E-state index in [1.807, 2.05) is 18.2 Å². The first-order valence-electron chi connectivity index (χ1n) is 10.0. The Morgan fingerprint density at radius 3 is 2.27 bits per heavy atom. The van der Waals surface area contributed by atoms with Crippen molar-refractivity contribution < 1.29 is 18.8 Å². The fraction of sp³-hybridized carbons (Fsp3) is 0.0769. The zero-order chi connectivity index (χ0) is 23.2. The predicted octanol–water partition coefficient (Wildman–Crippen LogP) is 4.48. The molecule has 0 bridgehead atoms. The molecule has 7 nitrogen and oxygen atoms in total. The van der Waals surface area contributed by atoms with Gasteiger partial charge in [-0.25, -0.2) is 4.79 Å². The maximum Gasteiger partial charge on any atom is 0.337 e. The lowest BCUT2D eigenvalue weighted by molar-refractivity contribution is 0.0600. The Bertz CT molecular complexity index is 1380. The van der Waals surface area contributed by atoms with Crippen molar-refractivity contribution in [2.24, 2.45) is 0 Å². The maximum atomic E-state index is 12.6. The number of esters is 1. The van der Waals surface area contributed by atoms with E-state index in [4.69, 9.17) is 9.26 Å². The molecule has 0 aliphatic heterocycles. The van der Waals surface area contributed by atoms with E-state index in [1.54, 1.807) is 61.5 Å². The molecule has 0 spiro atoms. The Morgan fingerprint density at radius 2 is 1.61 bits per heavy atom. The second kappa shape index (κ2) is 9.62. The Kier molecular flexibility index (Phi) is 6.28. The second-order valence-electron chi connectivity index (χ2n) is 7.08. The number of anilines is 1. The van der Waals surface area contributed by atoms with Gasteiger partial charge in [-0.1, -0.05) is 29.1 Å². The summed E-state index contributed by atoms with van der Waals surface area (Å²) in [6.07, 6.45) is 0. The van der Waals surface area contributed by atoms with E-state index in [9.17, 15) is 9.59 Å². The van der Waals surface area contributed by atoms with Crippen LogP contribution in [0.5, 0.6) is 0 Å². The number of amides is 1. The fourth-order valence-electron chi connectivity index (χ4n) is 3.04. The molecule has 0 aliphatic carbocycles. The van der Waals surface area contributed by atoms with Crippen LogP contribution in [0.2, 0.25) is 0 Å². The number of hydrogen-bond donors (Lipinski definition) is 1. The molecule has 0 unspecified atom stereocenters. The predicted molar refractivity (Wildman–Crippen MR) is 123 cm³/mol. The van der Waals surface area contributed by atoms with Crippen LogP contribution in [0.1, 0.15) is 37.7 Å². The molecule has 0 fully saturated rings. The van der Waals surface area contributed by atoms with Crippen molar-refractivity contribution in [1.29, 1.82) is 0 Å². The number of benzene rings is 3. The molecule has 0 radical (unpaired) electrons. The van der Waals surface area contributed by atoms with Crippen LogP contribution in [-0.4, -0.2) is 29.1 Å². The molecule has 162 valence electrons. The van der Waals surface area contributed by atoms with Gasteiger partial charge < -0.3 is 14.6 Å². The van der Waals surface area contributed by atoms with Crippen molar-refractivity contribution in [3.63, 3.8) is 0 Å². The molecule has 3 aromatic carbocycles. The smallest absolute Gasteiger partial charge is 0.337 e. The Hall–Kier alpha value is -4.70. The normalized spacial score (nSPS) is 10.1. The summed E-state index contributed by atoms with van der Waals surface area (Å²) in [5.74, 6) is 6.36. The highest BCUT2D eigenvalue weighted by molar-refractivity contribution is 6.04. The first-order chi connectivity index (χ1) is 16.0. The third-order valence-electron chi connectivity index (χ3n) is 4.68. The molecule has 0 saturated carbocycles. The van der Waals surface area contributed by atoms with Gasteiger partial charge in [0.05, 0.1) is 12.7 Å². The van der Waals surface area contributed by atoms with Crippen molar-refractivity contribution in [3.8, 4) is 23.3 Å². The van der Waals surface area contributed by atoms with Crippen LogP contribution in [-0.2, 0) is 4.74 Å². The van der Waals surface area contributed by atoms with Crippen molar-refractivity contribution in [2.75, 3.05) is 12.4 Å². The van der Waals surface area contributed by atoms with Crippen LogP contribution >= 0.6 is 0 Å². The highest BCUT2D eigenvalue weighted by Crippen LogP contribution is 2.19. The maximum absolute atomic E-state index is 12.6. The Balaban J connectivity index is 1.46. The first-order valence-corrected chi connectivity index (χ1v) is 10.0. The van der Waals surface area contributed by atoms with Gasteiger partial charge in [0.1, 0.15) is 0 Å². The average molecular weight is 437 g/mol. The standard InChI is InChI=1S/C26H19N3O4/c1-17-27-25(33-29-17)21-13-11-20(12-14-21)24(30)28-23-8-4-6-19(16-23)10-9-18-5-3-7-22(15-18)26(31)32-2/h3-8,11-16H,1-2H3,(H,28,30). The summed E-state index contributed by atoms with van der Waals surface area (Å²) in [7, 11) is 1.34. The summed E-state index contributed by atoms with van der Waals surface area (Å²) >= 11 is 0. The molecule has 0 atom stereocenters. The largest absolute Gasteiger partial charge is 0.465 e. The van der Waals surface area contributed by atoms with Gasteiger partial charge in [-0.15, -0.1) is 0 Å². The van der Waals surface area contributed by atoms with Crippen LogP contribution in [0, 0.1) is 18.8 Å². The number of hydrogen-bond acceptors (Lipinski definition) is 6. The van der Waals surface area contributed by atoms with Gasteiger partial charge in [-0.3, -0.25) is 4.79 Å². The number of methoxy groups -OCH3 is 1. The van der Waals surface area contributed by atoms with Gasteiger partial charge in [0.15, 0.2) is 5.82 Å². The molecule has 0 aliphatic rings. The Morgan fingerprint density at radius 1 is 0.909 bits per heavy atom. The summed E-state index contributed by atoms with van der Waals surface area (Å²) in [6, 6.07) is 21.0. The van der Waals surface area contributed by atoms with Crippen LogP contribution in [0.25, 0.3) is 11.5 Å². The van der Waals surface area contributed by atoms with Crippen molar-refractivity contribution in [1.82, 2.24) is 10.1 Å². The average Bonchev–Trinajstić information content (AvgIpc) is 3.29. The topological polar surface area (TPSA) is 94.3 Å². The zero-order valence-corrected chi connectivity index (χ0v) is 18.0. The first kappa shape index (κ1) is 21.5. The number of carbonyl (C=O) groups excluding carboxylic acids is 2. The minimum absolute atomic E-state index is 0.251. The molecule has 4 rings (SSSR count). The number of nitrogens with zero attached hydrogens (tertiary/aromatic N) is 2. The molecular formula is C26H19N3O4. The number of carbonyl (C=O) groups is 2. The SMILES string of the molecule is COC(=O)c1cccc(C#Cc2cccc(NC(=O)c3ccc(-c4nc(C)no4)cc3)c2)c1. The monoisotopic (exact) mass is 437 g/mol. The van der Waals surface area contributed by atoms with Crippen LogP contribution in [0.4, 0.5) is 5.69 Å². The summed E-state index contributed by atoms with van der Waals surface area (Å²) in [5, 5.41) is 6.64. The van der Waals surface area contributed by atoms with Crippen LogP contribution in [0.3, 0.4) is 0 Å². The molecule has 7 heteroatoms. The number of aromatic nitrogens is 2. The summed E-state index contributed by atoms with van der Waals surface area (Å²) in [6.45, 7) is 1.74. The lowest BCUT2D eigenvalue weighted by Crippen LogP contribution is -2.11. The molecule has 1 N–H and O–H groups in total. The summed E-state index contributed by atoms with van der Waals surface area (Å²) < 4.78 is 9.88. The number of ether oxygens (including phenoxy) is 1. The number of rotatable bonds is 4. The number of aryl methyl sites for hydroxylation is 1. The van der Waals surface area contributed by atoms with Crippen LogP contribution < -0.4 is 5.32 Å². The van der Waals surface area contributed by atoms with E-state index in [0.29, 0.717) is 34.1 Å². The lowest BCUT2D eigenvalue weighted by Gasteiger charge is -2.06. The van der Waals surface area contributed by atoms with E-state index < -0.39 is 5.97 Å². The van der Waals surface area contributed by atoms with E-state index in [-0.39, 0.29) is 5.91 Å². The van der Waals surface area contributed by atoms with Gasteiger partial charge >= 0.3 is 5.97 Å². The van der Waals surface area contributed by atoms with Gasteiger partial charge in [-0.2, -0.15) is 4.98 Å². The minimum Gasteiger partial charge on any atom is -0.465 e. The molecule has 0 saturated heterocycles. The van der Waals surface area contributed by atoms with E-state index >= 15 is 0 Å². The summed E-state index contributed by atoms with van der Waals surface area (Å²) in [5.41, 5.74) is 3.69.